The molecule has 5 rings (SSSR count). The molecule has 0 spiro atoms. The number of hydrogen-bond acceptors (Lipinski definition) is 6. The van der Waals surface area contributed by atoms with Crippen LogP contribution in [0.15, 0.2) is 53.6 Å². The molecule has 1 fully saturated rings. The van der Waals surface area contributed by atoms with Crippen LogP contribution in [0.4, 0.5) is 4.39 Å². The zero-order valence-electron chi connectivity index (χ0n) is 23.0. The Labute approximate surface area is 233 Å². The Morgan fingerprint density at radius 1 is 1.20 bits per heavy atom. The van der Waals surface area contributed by atoms with Gasteiger partial charge in [-0.05, 0) is 67.1 Å². The van der Waals surface area contributed by atoms with E-state index in [0.717, 1.165) is 31.5 Å². The molecular formula is C29H35FN6O3S. The second kappa shape index (κ2) is 11.6. The van der Waals surface area contributed by atoms with Crippen molar-refractivity contribution in [1.82, 2.24) is 29.6 Å². The quantitative estimate of drug-likeness (QED) is 0.262. The highest BCUT2D eigenvalue weighted by Crippen LogP contribution is 2.32. The van der Waals surface area contributed by atoms with Crippen LogP contribution in [0.2, 0.25) is 0 Å². The molecule has 0 radical (unpaired) electrons. The van der Waals surface area contributed by atoms with Crippen LogP contribution in [0.1, 0.15) is 43.2 Å². The van der Waals surface area contributed by atoms with Gasteiger partial charge in [-0.2, -0.15) is 0 Å². The van der Waals surface area contributed by atoms with Crippen LogP contribution in [-0.4, -0.2) is 65.3 Å². The van der Waals surface area contributed by atoms with Crippen LogP contribution >= 0.6 is 0 Å². The van der Waals surface area contributed by atoms with Gasteiger partial charge >= 0.3 is 0 Å². The molecule has 212 valence electrons. The lowest BCUT2D eigenvalue weighted by Gasteiger charge is -2.16. The van der Waals surface area contributed by atoms with Crippen LogP contribution < -0.4 is 4.72 Å². The molecule has 9 nitrogen and oxygen atoms in total. The smallest absolute Gasteiger partial charge is 0.240 e. The molecule has 1 unspecified atom stereocenters. The van der Waals surface area contributed by atoms with Gasteiger partial charge in [0.25, 0.3) is 0 Å². The molecule has 1 aliphatic rings. The first kappa shape index (κ1) is 28.1. The fourth-order valence-corrected chi connectivity index (χ4v) is 6.44. The van der Waals surface area contributed by atoms with Gasteiger partial charge in [-0.1, -0.05) is 31.2 Å². The maximum absolute atomic E-state index is 14.0. The first-order chi connectivity index (χ1) is 19.1. The van der Waals surface area contributed by atoms with Crippen molar-refractivity contribution in [3.8, 4) is 11.3 Å². The highest BCUT2D eigenvalue weighted by atomic mass is 32.2. The Bertz CT molecular complexity index is 1610. The first-order valence-electron chi connectivity index (χ1n) is 13.6. The van der Waals surface area contributed by atoms with Crippen molar-refractivity contribution in [2.45, 2.75) is 45.1 Å². The van der Waals surface area contributed by atoms with Crippen LogP contribution in [0.3, 0.4) is 0 Å². The molecule has 4 aromatic rings. The number of likely N-dealkylation sites (tertiary alicyclic amines) is 1. The number of aromatic nitrogens is 4. The largest absolute Gasteiger partial charge is 0.352 e. The average Bonchev–Trinajstić information content (AvgIpc) is 3.62. The van der Waals surface area contributed by atoms with Gasteiger partial charge in [-0.25, -0.2) is 17.5 Å². The Morgan fingerprint density at radius 2 is 1.98 bits per heavy atom. The van der Waals surface area contributed by atoms with E-state index in [1.165, 1.54) is 19.1 Å². The number of nitrogens with one attached hydrogen (secondary N) is 2. The predicted molar refractivity (Wildman–Crippen MR) is 152 cm³/mol. The van der Waals surface area contributed by atoms with Crippen LogP contribution in [-0.2, 0) is 23.0 Å². The molecule has 3 heterocycles. The minimum atomic E-state index is -3.56. The predicted octanol–water partition coefficient (Wildman–Crippen LogP) is 4.27. The Hall–Kier alpha value is -3.41. The third-order valence-corrected chi connectivity index (χ3v) is 8.80. The highest BCUT2D eigenvalue weighted by Gasteiger charge is 2.25. The molecule has 2 N–H and O–H groups in total. The summed E-state index contributed by atoms with van der Waals surface area (Å²) in [4.78, 5) is 17.9. The van der Waals surface area contributed by atoms with Crippen molar-refractivity contribution in [3.05, 3.63) is 65.7 Å². The topological polar surface area (TPSA) is 113 Å². The second-order valence-electron chi connectivity index (χ2n) is 11.0. The summed E-state index contributed by atoms with van der Waals surface area (Å²) >= 11 is 0. The lowest BCUT2D eigenvalue weighted by molar-refractivity contribution is 0.101. The van der Waals surface area contributed by atoms with Gasteiger partial charge < -0.3 is 9.88 Å². The number of ketones is 1. The number of rotatable bonds is 11. The lowest BCUT2D eigenvalue weighted by Crippen LogP contribution is -2.34. The van der Waals surface area contributed by atoms with Gasteiger partial charge in [0.05, 0.1) is 16.8 Å². The maximum atomic E-state index is 14.0. The summed E-state index contributed by atoms with van der Waals surface area (Å²) in [6.07, 6.45) is 3.67. The number of halogens is 1. The first-order valence-corrected chi connectivity index (χ1v) is 15.1. The van der Waals surface area contributed by atoms with E-state index in [1.807, 2.05) is 12.1 Å². The normalized spacial score (nSPS) is 16.4. The molecule has 1 saturated heterocycles. The molecular weight excluding hydrogens is 531 g/mol. The number of aromatic amines is 1. The van der Waals surface area contributed by atoms with E-state index in [9.17, 15) is 17.6 Å². The highest BCUT2D eigenvalue weighted by molar-refractivity contribution is 7.89. The zero-order valence-corrected chi connectivity index (χ0v) is 23.8. The van der Waals surface area contributed by atoms with Gasteiger partial charge in [0.2, 0.25) is 10.0 Å². The molecule has 0 aliphatic carbocycles. The fourth-order valence-electron chi connectivity index (χ4n) is 5.42. The average molecular weight is 567 g/mol. The van der Waals surface area contributed by atoms with Crippen molar-refractivity contribution < 1.29 is 17.6 Å². The van der Waals surface area contributed by atoms with E-state index in [1.54, 1.807) is 29.1 Å². The number of nitrogens with zero attached hydrogens (tertiary/aromatic N) is 4. The van der Waals surface area contributed by atoms with E-state index in [-0.39, 0.29) is 16.5 Å². The van der Waals surface area contributed by atoms with E-state index >= 15 is 0 Å². The molecule has 0 amide bonds. The third-order valence-electron chi connectivity index (χ3n) is 7.32. The van der Waals surface area contributed by atoms with E-state index in [0.29, 0.717) is 59.3 Å². The number of Topliss-reactive ketones (excluding diaryl/α,β-unsaturated/α-hetero) is 1. The van der Waals surface area contributed by atoms with Crippen LogP contribution in [0, 0.1) is 17.7 Å². The molecule has 11 heteroatoms. The summed E-state index contributed by atoms with van der Waals surface area (Å²) in [5, 5.41) is 9.17. The van der Waals surface area contributed by atoms with Crippen molar-refractivity contribution in [2.75, 3.05) is 26.2 Å². The number of fused-ring (bicyclic) bond motifs is 1. The fraction of sp³-hybridized carbons (Fsp3) is 0.414. The van der Waals surface area contributed by atoms with Gasteiger partial charge in [-0.15, -0.1) is 5.10 Å². The summed E-state index contributed by atoms with van der Waals surface area (Å²) in [5.41, 5.74) is 3.26. The van der Waals surface area contributed by atoms with Crippen molar-refractivity contribution in [2.24, 2.45) is 11.8 Å². The number of carbonyl (C=O) groups excluding carboxylic acids is 1. The number of sulfonamides is 1. The van der Waals surface area contributed by atoms with Crippen molar-refractivity contribution >= 4 is 26.7 Å². The molecule has 2 aromatic carbocycles. The van der Waals surface area contributed by atoms with E-state index in [2.05, 4.69) is 38.8 Å². The van der Waals surface area contributed by atoms with Crippen LogP contribution in [0.5, 0.6) is 0 Å². The molecule has 2 aromatic heterocycles. The lowest BCUT2D eigenvalue weighted by atomic mass is 10.0. The summed E-state index contributed by atoms with van der Waals surface area (Å²) < 4.78 is 43.9. The molecule has 1 aliphatic heterocycles. The standard InChI is InChI=1S/C29H35FN6O3S/c1-19(2)14-21-4-7-24(8-5-21)40(38,39)31-11-13-35-12-10-22(16-35)17-36-18-27(33-34-36)28-25-15-23(30)6-9-26(25)32-29(28)20(3)37/h4-9,15,18-19,22,31-32H,10-14,16-17H2,1-3H3. The van der Waals surface area contributed by atoms with Crippen molar-refractivity contribution in [3.63, 3.8) is 0 Å². The summed E-state index contributed by atoms with van der Waals surface area (Å²) in [5.74, 6) is 0.295. The Kier molecular flexibility index (Phi) is 8.16. The molecule has 0 bridgehead atoms. The minimum Gasteiger partial charge on any atom is -0.352 e. The Balaban J connectivity index is 1.16. The number of carbonyl (C=O) groups is 1. The van der Waals surface area contributed by atoms with Gasteiger partial charge in [0.15, 0.2) is 5.78 Å². The molecule has 0 saturated carbocycles. The van der Waals surface area contributed by atoms with Crippen LogP contribution in [0.25, 0.3) is 22.2 Å². The molecule has 1 atom stereocenters. The van der Waals surface area contributed by atoms with E-state index in [4.69, 9.17) is 0 Å². The number of benzene rings is 2. The Morgan fingerprint density at radius 3 is 2.70 bits per heavy atom. The third kappa shape index (κ3) is 6.32. The van der Waals surface area contributed by atoms with Gasteiger partial charge in [-0.3, -0.25) is 9.48 Å². The van der Waals surface area contributed by atoms with Gasteiger partial charge in [0.1, 0.15) is 11.5 Å². The SMILES string of the molecule is CC(=O)c1[nH]c2ccc(F)cc2c1-c1cn(CC2CCN(CCNS(=O)(=O)c3ccc(CC(C)C)cc3)C2)nn1. The summed E-state index contributed by atoms with van der Waals surface area (Å²) in [7, 11) is -3.56. The monoisotopic (exact) mass is 566 g/mol. The maximum Gasteiger partial charge on any atom is 0.240 e. The van der Waals surface area contributed by atoms with E-state index < -0.39 is 10.0 Å². The summed E-state index contributed by atoms with van der Waals surface area (Å²) in [6.45, 7) is 9.02. The minimum absolute atomic E-state index is 0.161. The zero-order chi connectivity index (χ0) is 28.4. The van der Waals surface area contributed by atoms with Gasteiger partial charge in [0, 0.05) is 49.6 Å². The number of hydrogen-bond donors (Lipinski definition) is 2. The summed E-state index contributed by atoms with van der Waals surface area (Å²) in [6, 6.07) is 11.5. The second-order valence-corrected chi connectivity index (χ2v) is 12.8. The molecule has 40 heavy (non-hydrogen) atoms. The number of H-pyrrole nitrogens is 1. The van der Waals surface area contributed by atoms with Crippen molar-refractivity contribution in [1.29, 1.82) is 0 Å².